The summed E-state index contributed by atoms with van der Waals surface area (Å²) in [5.74, 6) is 0.954. The summed E-state index contributed by atoms with van der Waals surface area (Å²) in [5, 5.41) is 3.61. The average molecular weight is 181 g/mol. The largest absolute Gasteiger partial charge is 0.316 e. The van der Waals surface area contributed by atoms with Crippen LogP contribution in [0.4, 0.5) is 0 Å². The fourth-order valence-corrected chi connectivity index (χ4v) is 3.74. The van der Waals surface area contributed by atoms with Gasteiger partial charge in [-0.3, -0.25) is 0 Å². The zero-order chi connectivity index (χ0) is 9.53. The van der Waals surface area contributed by atoms with E-state index in [9.17, 15) is 0 Å². The molecular weight excluding hydrogens is 158 g/mol. The van der Waals surface area contributed by atoms with Gasteiger partial charge < -0.3 is 5.32 Å². The first-order valence-corrected chi connectivity index (χ1v) is 5.75. The Morgan fingerprint density at radius 3 is 2.54 bits per heavy atom. The molecule has 2 atom stereocenters. The van der Waals surface area contributed by atoms with Gasteiger partial charge in [0.25, 0.3) is 0 Å². The topological polar surface area (TPSA) is 12.0 Å². The van der Waals surface area contributed by atoms with Crippen LogP contribution in [0.2, 0.25) is 0 Å². The quantitative estimate of drug-likeness (QED) is 0.606. The Kier molecular flexibility index (Phi) is 2.18. The Morgan fingerprint density at radius 2 is 1.85 bits per heavy atom. The number of fused-ring (bicyclic) bond motifs is 1. The van der Waals surface area contributed by atoms with Crippen molar-refractivity contribution in [3.05, 3.63) is 0 Å². The molecule has 0 aromatic heterocycles. The number of piperidine rings is 1. The van der Waals surface area contributed by atoms with Crippen LogP contribution in [0.15, 0.2) is 0 Å². The third-order valence-electron chi connectivity index (χ3n) is 4.38. The number of hydrogen-bond acceptors (Lipinski definition) is 1. The molecule has 2 aliphatic rings. The maximum Gasteiger partial charge on any atom is 0.000826 e. The van der Waals surface area contributed by atoms with E-state index in [0.29, 0.717) is 10.8 Å². The van der Waals surface area contributed by atoms with Crippen molar-refractivity contribution in [2.45, 2.75) is 46.5 Å². The van der Waals surface area contributed by atoms with Gasteiger partial charge in [-0.1, -0.05) is 33.6 Å². The summed E-state index contributed by atoms with van der Waals surface area (Å²) in [6.45, 7) is 9.83. The van der Waals surface area contributed by atoms with Crippen molar-refractivity contribution in [3.8, 4) is 0 Å². The molecule has 0 bridgehead atoms. The third kappa shape index (κ3) is 1.52. The molecule has 2 fully saturated rings. The minimum Gasteiger partial charge on any atom is -0.316 e. The molecule has 1 nitrogen and oxygen atoms in total. The van der Waals surface area contributed by atoms with Crippen LogP contribution in [0.3, 0.4) is 0 Å². The van der Waals surface area contributed by atoms with E-state index in [4.69, 9.17) is 0 Å². The molecule has 13 heavy (non-hydrogen) atoms. The second kappa shape index (κ2) is 2.98. The Labute approximate surface area is 82.3 Å². The van der Waals surface area contributed by atoms with Gasteiger partial charge in [0, 0.05) is 13.1 Å². The normalized spacial score (nSPS) is 44.1. The number of hydrogen-bond donors (Lipinski definition) is 1. The van der Waals surface area contributed by atoms with Crippen LogP contribution >= 0.6 is 0 Å². The number of nitrogens with one attached hydrogen (secondary N) is 1. The first-order valence-electron chi connectivity index (χ1n) is 5.75. The van der Waals surface area contributed by atoms with Crippen molar-refractivity contribution >= 4 is 0 Å². The van der Waals surface area contributed by atoms with E-state index < -0.39 is 0 Å². The van der Waals surface area contributed by atoms with Crippen molar-refractivity contribution in [2.24, 2.45) is 16.7 Å². The summed E-state index contributed by atoms with van der Waals surface area (Å²) >= 11 is 0. The van der Waals surface area contributed by atoms with Gasteiger partial charge in [-0.05, 0) is 29.6 Å². The van der Waals surface area contributed by atoms with Crippen molar-refractivity contribution in [2.75, 3.05) is 13.1 Å². The average Bonchev–Trinajstić information content (AvgIpc) is 2.02. The van der Waals surface area contributed by atoms with Crippen molar-refractivity contribution in [1.82, 2.24) is 5.32 Å². The lowest BCUT2D eigenvalue weighted by Gasteiger charge is -2.53. The molecule has 1 aliphatic heterocycles. The van der Waals surface area contributed by atoms with Crippen LogP contribution in [-0.2, 0) is 0 Å². The zero-order valence-electron chi connectivity index (χ0n) is 9.32. The number of rotatable bonds is 0. The van der Waals surface area contributed by atoms with Gasteiger partial charge >= 0.3 is 0 Å². The minimum absolute atomic E-state index is 0.521. The van der Waals surface area contributed by atoms with Crippen molar-refractivity contribution in [3.63, 3.8) is 0 Å². The van der Waals surface area contributed by atoms with Crippen LogP contribution in [-0.4, -0.2) is 13.1 Å². The van der Waals surface area contributed by atoms with E-state index in [1.165, 1.54) is 38.8 Å². The van der Waals surface area contributed by atoms with E-state index in [2.05, 4.69) is 26.1 Å². The highest BCUT2D eigenvalue weighted by molar-refractivity contribution is 4.99. The molecule has 1 saturated heterocycles. The molecule has 2 rings (SSSR count). The predicted molar refractivity (Wildman–Crippen MR) is 56.7 cm³/mol. The second-order valence-electron chi connectivity index (χ2n) is 6.04. The molecule has 0 amide bonds. The standard InChI is InChI=1S/C12H23N/c1-11(2)8-13-9-12(3)7-5-4-6-10(11)12/h10,13H,4-9H2,1-3H3. The lowest BCUT2D eigenvalue weighted by atomic mass is 9.56. The summed E-state index contributed by atoms with van der Waals surface area (Å²) in [6, 6.07) is 0. The van der Waals surface area contributed by atoms with Gasteiger partial charge in [-0.2, -0.15) is 0 Å². The van der Waals surface area contributed by atoms with Crippen LogP contribution in [0.1, 0.15) is 46.5 Å². The minimum atomic E-state index is 0.521. The molecule has 1 heterocycles. The maximum atomic E-state index is 3.61. The smallest absolute Gasteiger partial charge is 0.000826 e. The molecule has 2 unspecified atom stereocenters. The molecule has 76 valence electrons. The van der Waals surface area contributed by atoms with Gasteiger partial charge in [0.05, 0.1) is 0 Å². The Bertz CT molecular complexity index is 193. The fraction of sp³-hybridized carbons (Fsp3) is 1.00. The van der Waals surface area contributed by atoms with Gasteiger partial charge in [0.15, 0.2) is 0 Å². The Hall–Kier alpha value is -0.0400. The first kappa shape index (κ1) is 9.51. The van der Waals surface area contributed by atoms with E-state index in [0.717, 1.165) is 5.92 Å². The van der Waals surface area contributed by atoms with Crippen LogP contribution in [0.5, 0.6) is 0 Å². The van der Waals surface area contributed by atoms with Crippen molar-refractivity contribution < 1.29 is 0 Å². The van der Waals surface area contributed by atoms with Crippen LogP contribution in [0, 0.1) is 16.7 Å². The molecule has 1 N–H and O–H groups in total. The summed E-state index contributed by atoms with van der Waals surface area (Å²) < 4.78 is 0. The summed E-state index contributed by atoms with van der Waals surface area (Å²) in [5.41, 5.74) is 1.12. The van der Waals surface area contributed by atoms with Crippen LogP contribution in [0.25, 0.3) is 0 Å². The molecule has 0 aromatic carbocycles. The molecule has 1 saturated carbocycles. The molecule has 0 spiro atoms. The molecule has 0 radical (unpaired) electrons. The lowest BCUT2D eigenvalue weighted by Crippen LogP contribution is -2.55. The molecular formula is C12H23N. The third-order valence-corrected chi connectivity index (χ3v) is 4.38. The summed E-state index contributed by atoms with van der Waals surface area (Å²) in [6.07, 6.45) is 5.81. The predicted octanol–water partition coefficient (Wildman–Crippen LogP) is 2.81. The summed E-state index contributed by atoms with van der Waals surface area (Å²) in [7, 11) is 0. The first-order chi connectivity index (χ1) is 6.05. The van der Waals surface area contributed by atoms with E-state index >= 15 is 0 Å². The molecule has 1 aliphatic carbocycles. The highest BCUT2D eigenvalue weighted by atomic mass is 14.9. The fourth-order valence-electron chi connectivity index (χ4n) is 3.74. The van der Waals surface area contributed by atoms with Crippen molar-refractivity contribution in [1.29, 1.82) is 0 Å². The maximum absolute atomic E-state index is 3.61. The monoisotopic (exact) mass is 181 g/mol. The zero-order valence-corrected chi connectivity index (χ0v) is 9.32. The van der Waals surface area contributed by atoms with Crippen LogP contribution < -0.4 is 5.32 Å². The van der Waals surface area contributed by atoms with Gasteiger partial charge in [0.2, 0.25) is 0 Å². The van der Waals surface area contributed by atoms with E-state index in [-0.39, 0.29) is 0 Å². The van der Waals surface area contributed by atoms with E-state index in [1.807, 2.05) is 0 Å². The lowest BCUT2D eigenvalue weighted by molar-refractivity contribution is -0.0161. The highest BCUT2D eigenvalue weighted by Crippen LogP contribution is 2.51. The Balaban J connectivity index is 2.21. The summed E-state index contributed by atoms with van der Waals surface area (Å²) in [4.78, 5) is 0. The second-order valence-corrected chi connectivity index (χ2v) is 6.04. The van der Waals surface area contributed by atoms with Gasteiger partial charge in [-0.25, -0.2) is 0 Å². The molecule has 0 aromatic rings. The SMILES string of the molecule is CC1(C)CNCC2(C)CCCCC12. The van der Waals surface area contributed by atoms with Gasteiger partial charge in [0.1, 0.15) is 0 Å². The molecule has 1 heteroatoms. The highest BCUT2D eigenvalue weighted by Gasteiger charge is 2.47. The van der Waals surface area contributed by atoms with E-state index in [1.54, 1.807) is 0 Å². The Morgan fingerprint density at radius 1 is 1.08 bits per heavy atom. The van der Waals surface area contributed by atoms with Gasteiger partial charge in [-0.15, -0.1) is 0 Å².